The Hall–Kier alpha value is -6.36. The Bertz CT molecular complexity index is 1940. The average molecular weight is 647 g/mol. The van der Waals surface area contributed by atoms with Crippen LogP contribution in [0.3, 0.4) is 0 Å². The Kier molecular flexibility index (Phi) is 9.82. The molecule has 5 aromatic carbocycles. The highest BCUT2D eigenvalue weighted by Gasteiger charge is 2.26. The van der Waals surface area contributed by atoms with Crippen molar-refractivity contribution in [3.05, 3.63) is 213 Å². The van der Waals surface area contributed by atoms with Gasteiger partial charge in [-0.1, -0.05) is 146 Å². The van der Waals surface area contributed by atoms with Gasteiger partial charge in [0.2, 0.25) is 0 Å². The molecule has 0 spiro atoms. The smallest absolute Gasteiger partial charge is 0.102 e. The number of nitrogens with one attached hydrogen (secondary N) is 2. The van der Waals surface area contributed by atoms with Crippen LogP contribution in [-0.2, 0) is 13.1 Å². The largest absolute Gasteiger partial charge is 0.380 e. The lowest BCUT2D eigenvalue weighted by molar-refractivity contribution is 0.802. The summed E-state index contributed by atoms with van der Waals surface area (Å²) >= 11 is 0. The van der Waals surface area contributed by atoms with E-state index in [0.717, 1.165) is 81.6 Å². The van der Waals surface area contributed by atoms with Crippen LogP contribution in [-0.4, -0.2) is 0 Å². The van der Waals surface area contributed by atoms with E-state index in [9.17, 15) is 10.5 Å². The van der Waals surface area contributed by atoms with E-state index in [-0.39, 0.29) is 0 Å². The number of hydrogen-bond donors (Lipinski definition) is 2. The minimum absolute atomic E-state index is 0.595. The van der Waals surface area contributed by atoms with E-state index >= 15 is 0 Å². The molecule has 0 aromatic heterocycles. The van der Waals surface area contributed by atoms with E-state index in [1.807, 2.05) is 72.8 Å². The summed E-state index contributed by atoms with van der Waals surface area (Å²) in [4.78, 5) is 0. The van der Waals surface area contributed by atoms with Crippen molar-refractivity contribution >= 4 is 11.1 Å². The van der Waals surface area contributed by atoms with E-state index in [1.165, 1.54) is 11.1 Å². The van der Waals surface area contributed by atoms with Crippen LogP contribution in [0.2, 0.25) is 0 Å². The number of nitriles is 2. The highest BCUT2D eigenvalue weighted by molar-refractivity contribution is 5.88. The molecule has 2 saturated carbocycles. The topological polar surface area (TPSA) is 71.6 Å². The molecule has 0 bridgehead atoms. The standard InChI is InChI=1S/C46H38N4/c47-29-41(43(35-16-5-1-6-17-35)36-18-7-2-8-19-36)45(39-24-25-39)49-31-33-14-13-15-34(28-33)32-50-46(40-26-27-40)42(30-48)44(37-20-9-3-10-21-37)38-22-11-4-12-23-38/h1-23,28,49-50H,24-27,31-32H2. The van der Waals surface area contributed by atoms with Gasteiger partial charge in [-0.3, -0.25) is 0 Å². The molecule has 0 aliphatic heterocycles. The first kappa shape index (κ1) is 32.2. The molecule has 0 heterocycles. The third-order valence-corrected chi connectivity index (χ3v) is 9.11. The van der Waals surface area contributed by atoms with Gasteiger partial charge in [-0.2, -0.15) is 10.5 Å². The van der Waals surface area contributed by atoms with E-state index in [4.69, 9.17) is 0 Å². The zero-order chi connectivity index (χ0) is 34.1. The predicted molar refractivity (Wildman–Crippen MR) is 202 cm³/mol. The Labute approximate surface area is 295 Å². The summed E-state index contributed by atoms with van der Waals surface area (Å²) < 4.78 is 0. The lowest BCUT2D eigenvalue weighted by Crippen LogP contribution is -2.17. The number of hydrogen-bond acceptors (Lipinski definition) is 4. The van der Waals surface area contributed by atoms with Gasteiger partial charge in [0, 0.05) is 24.2 Å². The van der Waals surface area contributed by atoms with Crippen LogP contribution in [0.5, 0.6) is 0 Å². The number of nitrogens with zero attached hydrogens (tertiary/aromatic N) is 2. The van der Waals surface area contributed by atoms with Gasteiger partial charge in [0.05, 0.1) is 22.5 Å². The van der Waals surface area contributed by atoms with Gasteiger partial charge in [0.1, 0.15) is 12.1 Å². The van der Waals surface area contributed by atoms with Crippen LogP contribution in [0.15, 0.2) is 179 Å². The molecule has 2 N–H and O–H groups in total. The summed E-state index contributed by atoms with van der Waals surface area (Å²) in [5, 5.41) is 28.6. The monoisotopic (exact) mass is 646 g/mol. The molecule has 0 saturated heterocycles. The summed E-state index contributed by atoms with van der Waals surface area (Å²) in [5.74, 6) is 0. The van der Waals surface area contributed by atoms with Crippen LogP contribution >= 0.6 is 0 Å². The summed E-state index contributed by atoms with van der Waals surface area (Å²) in [6.45, 7) is 1.19. The van der Waals surface area contributed by atoms with Gasteiger partial charge in [0.25, 0.3) is 0 Å². The summed E-state index contributed by atoms with van der Waals surface area (Å²) in [5.41, 5.74) is 14.1. The van der Waals surface area contributed by atoms with Crippen LogP contribution < -0.4 is 10.6 Å². The van der Waals surface area contributed by atoms with Gasteiger partial charge in [-0.05, 0) is 70.2 Å². The summed E-state index contributed by atoms with van der Waals surface area (Å²) in [6, 6.07) is 54.5. The van der Waals surface area contributed by atoms with Crippen molar-refractivity contribution in [3.8, 4) is 12.1 Å². The first-order valence-electron chi connectivity index (χ1n) is 17.2. The Morgan fingerprint density at radius 2 is 0.760 bits per heavy atom. The fraction of sp³-hybridized carbons (Fsp3) is 0.130. The molecule has 0 unspecified atom stereocenters. The van der Waals surface area contributed by atoms with Crippen molar-refractivity contribution in [1.82, 2.24) is 10.6 Å². The lowest BCUT2D eigenvalue weighted by atomic mass is 9.91. The molecular formula is C46H38N4. The molecule has 5 aromatic rings. The third-order valence-electron chi connectivity index (χ3n) is 9.11. The highest BCUT2D eigenvalue weighted by atomic mass is 14.9. The van der Waals surface area contributed by atoms with Gasteiger partial charge < -0.3 is 10.6 Å². The molecule has 7 rings (SSSR count). The SMILES string of the molecule is N#CC(C(NCc1cccc(CNC(=C2CC2)C(C#N)=C(c2ccccc2)c2ccccc2)c1)=C1CC1)=C(c1ccccc1)c1ccccc1. The first-order chi connectivity index (χ1) is 24.7. The third kappa shape index (κ3) is 7.52. The molecule has 4 heteroatoms. The molecule has 0 radical (unpaired) electrons. The minimum atomic E-state index is 0.595. The minimum Gasteiger partial charge on any atom is -0.380 e. The van der Waals surface area contributed by atoms with E-state index < -0.39 is 0 Å². The van der Waals surface area contributed by atoms with Crippen LogP contribution in [0, 0.1) is 22.7 Å². The van der Waals surface area contributed by atoms with Crippen molar-refractivity contribution in [3.63, 3.8) is 0 Å². The zero-order valence-electron chi connectivity index (χ0n) is 28.0. The second-order valence-corrected chi connectivity index (χ2v) is 12.7. The summed E-state index contributed by atoms with van der Waals surface area (Å²) in [7, 11) is 0. The maximum absolute atomic E-state index is 10.6. The van der Waals surface area contributed by atoms with Crippen molar-refractivity contribution in [2.45, 2.75) is 38.8 Å². The summed E-state index contributed by atoms with van der Waals surface area (Å²) in [6.07, 6.45) is 3.98. The molecule has 2 aliphatic carbocycles. The first-order valence-corrected chi connectivity index (χ1v) is 17.2. The van der Waals surface area contributed by atoms with Crippen LogP contribution in [0.4, 0.5) is 0 Å². The predicted octanol–water partition coefficient (Wildman–Crippen LogP) is 10.0. The van der Waals surface area contributed by atoms with E-state index in [1.54, 1.807) is 0 Å². The van der Waals surface area contributed by atoms with Crippen molar-refractivity contribution < 1.29 is 0 Å². The maximum atomic E-state index is 10.6. The Morgan fingerprint density at radius 3 is 1.04 bits per heavy atom. The number of rotatable bonds is 12. The molecule has 50 heavy (non-hydrogen) atoms. The van der Waals surface area contributed by atoms with Gasteiger partial charge >= 0.3 is 0 Å². The fourth-order valence-electron chi connectivity index (χ4n) is 6.44. The lowest BCUT2D eigenvalue weighted by Gasteiger charge is -2.18. The Morgan fingerprint density at radius 1 is 0.440 bits per heavy atom. The molecule has 2 fully saturated rings. The van der Waals surface area contributed by atoms with Gasteiger partial charge in [-0.25, -0.2) is 0 Å². The molecular weight excluding hydrogens is 609 g/mol. The Balaban J connectivity index is 1.15. The molecule has 4 nitrogen and oxygen atoms in total. The number of benzene rings is 5. The van der Waals surface area contributed by atoms with E-state index in [0.29, 0.717) is 24.2 Å². The van der Waals surface area contributed by atoms with Crippen molar-refractivity contribution in [2.24, 2.45) is 0 Å². The van der Waals surface area contributed by atoms with Gasteiger partial charge in [0.15, 0.2) is 0 Å². The molecule has 0 atom stereocenters. The fourth-order valence-corrected chi connectivity index (χ4v) is 6.44. The number of allylic oxidation sites excluding steroid dienone is 4. The van der Waals surface area contributed by atoms with Crippen molar-refractivity contribution in [2.75, 3.05) is 0 Å². The van der Waals surface area contributed by atoms with Crippen molar-refractivity contribution in [1.29, 1.82) is 10.5 Å². The zero-order valence-corrected chi connectivity index (χ0v) is 28.0. The normalized spacial score (nSPS) is 12.5. The van der Waals surface area contributed by atoms with Gasteiger partial charge in [-0.15, -0.1) is 0 Å². The second kappa shape index (κ2) is 15.2. The molecule has 242 valence electrons. The van der Waals surface area contributed by atoms with Crippen LogP contribution in [0.25, 0.3) is 11.1 Å². The molecule has 0 amide bonds. The molecule has 2 aliphatic rings. The highest BCUT2D eigenvalue weighted by Crippen LogP contribution is 2.39. The average Bonchev–Trinajstić information content (AvgIpc) is 4.12. The quantitative estimate of drug-likeness (QED) is 0.132. The maximum Gasteiger partial charge on any atom is 0.102 e. The van der Waals surface area contributed by atoms with Crippen LogP contribution in [0.1, 0.15) is 59.1 Å². The second-order valence-electron chi connectivity index (χ2n) is 12.7. The van der Waals surface area contributed by atoms with E-state index in [2.05, 4.69) is 95.6 Å².